The molecule has 0 aliphatic carbocycles. The zero-order chi connectivity index (χ0) is 19.6. The molecule has 0 heterocycles. The summed E-state index contributed by atoms with van der Waals surface area (Å²) in [5.74, 6) is -1.72. The van der Waals surface area contributed by atoms with Gasteiger partial charge < -0.3 is 14.8 Å². The van der Waals surface area contributed by atoms with Crippen LogP contribution in [-0.4, -0.2) is 31.1 Å². The molecular weight excluding hydrogens is 346 g/mol. The zero-order valence-electron chi connectivity index (χ0n) is 15.2. The van der Waals surface area contributed by atoms with E-state index < -0.39 is 24.5 Å². The minimum Gasteiger partial charge on any atom is -0.462 e. The lowest BCUT2D eigenvalue weighted by atomic mass is 10.1. The van der Waals surface area contributed by atoms with Gasteiger partial charge in [-0.2, -0.15) is 0 Å². The Morgan fingerprint density at radius 1 is 1.04 bits per heavy atom. The Morgan fingerprint density at radius 2 is 1.81 bits per heavy atom. The van der Waals surface area contributed by atoms with Crippen molar-refractivity contribution in [2.24, 2.45) is 0 Å². The Morgan fingerprint density at radius 3 is 2.56 bits per heavy atom. The fraction of sp³-hybridized carbons (Fsp3) is 0.190. The van der Waals surface area contributed by atoms with Crippen molar-refractivity contribution in [2.75, 3.05) is 18.5 Å². The summed E-state index contributed by atoms with van der Waals surface area (Å²) in [5, 5.41) is 2.55. The maximum absolute atomic E-state index is 12.0. The number of ether oxygens (including phenoxy) is 2. The molecule has 0 aliphatic heterocycles. The van der Waals surface area contributed by atoms with Crippen LogP contribution in [0.25, 0.3) is 6.08 Å². The van der Waals surface area contributed by atoms with Crippen LogP contribution in [0.1, 0.15) is 28.4 Å². The first-order chi connectivity index (χ1) is 13.0. The van der Waals surface area contributed by atoms with Gasteiger partial charge in [0, 0.05) is 6.08 Å². The second kappa shape index (κ2) is 9.91. The molecule has 140 valence electrons. The van der Waals surface area contributed by atoms with Crippen LogP contribution in [0.4, 0.5) is 5.69 Å². The van der Waals surface area contributed by atoms with Gasteiger partial charge in [-0.05, 0) is 37.6 Å². The molecule has 6 nitrogen and oxygen atoms in total. The molecule has 0 fully saturated rings. The average Bonchev–Trinajstić information content (AvgIpc) is 2.65. The number of amides is 1. The van der Waals surface area contributed by atoms with Gasteiger partial charge in [0.1, 0.15) is 0 Å². The molecule has 0 spiro atoms. The number of aryl methyl sites for hydroxylation is 1. The fourth-order valence-electron chi connectivity index (χ4n) is 2.29. The lowest BCUT2D eigenvalue weighted by Gasteiger charge is -2.10. The van der Waals surface area contributed by atoms with Gasteiger partial charge >= 0.3 is 11.9 Å². The molecular formula is C21H21NO5. The van der Waals surface area contributed by atoms with Gasteiger partial charge in [0.2, 0.25) is 0 Å². The van der Waals surface area contributed by atoms with E-state index in [9.17, 15) is 14.4 Å². The van der Waals surface area contributed by atoms with E-state index in [1.165, 1.54) is 6.08 Å². The Kier molecular flexibility index (Phi) is 7.31. The van der Waals surface area contributed by atoms with Gasteiger partial charge in [-0.15, -0.1) is 0 Å². The van der Waals surface area contributed by atoms with Gasteiger partial charge in [0.15, 0.2) is 6.61 Å². The minimum atomic E-state index is -0.634. The van der Waals surface area contributed by atoms with Crippen LogP contribution in [0.15, 0.2) is 54.6 Å². The normalized spacial score (nSPS) is 10.4. The van der Waals surface area contributed by atoms with E-state index in [1.54, 1.807) is 37.3 Å². The fourth-order valence-corrected chi connectivity index (χ4v) is 2.29. The summed E-state index contributed by atoms with van der Waals surface area (Å²) < 4.78 is 9.87. The Hall–Kier alpha value is -3.41. The number of hydrogen-bond donors (Lipinski definition) is 1. The number of anilines is 1. The van der Waals surface area contributed by atoms with E-state index in [4.69, 9.17) is 9.47 Å². The number of para-hydroxylation sites is 1. The van der Waals surface area contributed by atoms with E-state index in [-0.39, 0.29) is 12.2 Å². The van der Waals surface area contributed by atoms with E-state index in [1.807, 2.05) is 31.2 Å². The van der Waals surface area contributed by atoms with Crippen LogP contribution in [0.5, 0.6) is 0 Å². The number of hydrogen-bond acceptors (Lipinski definition) is 5. The van der Waals surface area contributed by atoms with E-state index in [0.29, 0.717) is 5.69 Å². The van der Waals surface area contributed by atoms with Crippen LogP contribution < -0.4 is 5.32 Å². The van der Waals surface area contributed by atoms with Crippen LogP contribution in [0.2, 0.25) is 0 Å². The van der Waals surface area contributed by atoms with Crippen molar-refractivity contribution in [3.63, 3.8) is 0 Å². The highest BCUT2D eigenvalue weighted by Crippen LogP contribution is 2.16. The number of carbonyl (C=O) groups excluding carboxylic acids is 3. The minimum absolute atomic E-state index is 0.228. The molecule has 0 unspecified atom stereocenters. The molecule has 2 rings (SSSR count). The molecule has 27 heavy (non-hydrogen) atoms. The molecule has 0 aromatic heterocycles. The molecule has 2 aromatic rings. The number of benzene rings is 2. The van der Waals surface area contributed by atoms with Crippen molar-refractivity contribution in [3.8, 4) is 0 Å². The summed E-state index contributed by atoms with van der Waals surface area (Å²) in [7, 11) is 0. The molecule has 0 aliphatic rings. The first-order valence-corrected chi connectivity index (χ1v) is 8.47. The molecule has 0 atom stereocenters. The van der Waals surface area contributed by atoms with Crippen molar-refractivity contribution in [1.82, 2.24) is 0 Å². The molecule has 0 saturated heterocycles. The molecule has 1 amide bonds. The van der Waals surface area contributed by atoms with Crippen LogP contribution in [0.3, 0.4) is 0 Å². The topological polar surface area (TPSA) is 81.7 Å². The van der Waals surface area contributed by atoms with Crippen molar-refractivity contribution < 1.29 is 23.9 Å². The van der Waals surface area contributed by atoms with Crippen molar-refractivity contribution in [3.05, 3.63) is 71.3 Å². The third kappa shape index (κ3) is 6.43. The molecule has 6 heteroatoms. The molecule has 0 radical (unpaired) electrons. The van der Waals surface area contributed by atoms with E-state index >= 15 is 0 Å². The molecule has 1 N–H and O–H groups in total. The highest BCUT2D eigenvalue weighted by atomic mass is 16.5. The quantitative estimate of drug-likeness (QED) is 0.599. The standard InChI is InChI=1S/C21H21NO5/c1-3-26-21(25)17-9-4-5-10-18(17)22-19(23)14-27-20(24)12-11-16-8-6-7-15(2)13-16/h4-13H,3,14H2,1-2H3,(H,22,23)/b12-11+. The first-order valence-electron chi connectivity index (χ1n) is 8.47. The highest BCUT2D eigenvalue weighted by molar-refractivity contribution is 6.02. The average molecular weight is 367 g/mol. The molecule has 2 aromatic carbocycles. The summed E-state index contributed by atoms with van der Waals surface area (Å²) in [4.78, 5) is 35.6. The Bertz CT molecular complexity index is 857. The summed E-state index contributed by atoms with van der Waals surface area (Å²) in [6.45, 7) is 3.41. The summed E-state index contributed by atoms with van der Waals surface area (Å²) >= 11 is 0. The zero-order valence-corrected chi connectivity index (χ0v) is 15.2. The number of carbonyl (C=O) groups is 3. The van der Waals surface area contributed by atoms with Crippen LogP contribution in [-0.2, 0) is 19.1 Å². The van der Waals surface area contributed by atoms with Gasteiger partial charge in [-0.3, -0.25) is 4.79 Å². The Balaban J connectivity index is 1.89. The Labute approximate surface area is 157 Å². The molecule has 0 saturated carbocycles. The van der Waals surface area contributed by atoms with E-state index in [2.05, 4.69) is 5.32 Å². The van der Waals surface area contributed by atoms with Gasteiger partial charge in [0.25, 0.3) is 5.91 Å². The van der Waals surface area contributed by atoms with Crippen molar-refractivity contribution in [1.29, 1.82) is 0 Å². The third-order valence-corrected chi connectivity index (χ3v) is 3.50. The lowest BCUT2D eigenvalue weighted by Crippen LogP contribution is -2.21. The van der Waals surface area contributed by atoms with Gasteiger partial charge in [0.05, 0.1) is 17.9 Å². The smallest absolute Gasteiger partial charge is 0.340 e. The second-order valence-electron chi connectivity index (χ2n) is 5.67. The number of nitrogens with one attached hydrogen (secondary N) is 1. The van der Waals surface area contributed by atoms with Gasteiger partial charge in [-0.25, -0.2) is 9.59 Å². The predicted molar refractivity (Wildman–Crippen MR) is 102 cm³/mol. The summed E-state index contributed by atoms with van der Waals surface area (Å²) in [6, 6.07) is 14.1. The highest BCUT2D eigenvalue weighted by Gasteiger charge is 2.14. The first kappa shape index (κ1) is 19.9. The maximum atomic E-state index is 12.0. The number of esters is 2. The largest absolute Gasteiger partial charge is 0.462 e. The third-order valence-electron chi connectivity index (χ3n) is 3.50. The predicted octanol–water partition coefficient (Wildman–Crippen LogP) is 3.37. The van der Waals surface area contributed by atoms with Crippen molar-refractivity contribution >= 4 is 29.6 Å². The van der Waals surface area contributed by atoms with E-state index in [0.717, 1.165) is 11.1 Å². The summed E-state index contributed by atoms with van der Waals surface area (Å²) in [5.41, 5.74) is 2.47. The monoisotopic (exact) mass is 367 g/mol. The summed E-state index contributed by atoms with van der Waals surface area (Å²) in [6.07, 6.45) is 2.87. The maximum Gasteiger partial charge on any atom is 0.340 e. The van der Waals surface area contributed by atoms with Crippen LogP contribution in [0, 0.1) is 6.92 Å². The second-order valence-corrected chi connectivity index (χ2v) is 5.67. The lowest BCUT2D eigenvalue weighted by molar-refractivity contribution is -0.142. The number of rotatable bonds is 7. The van der Waals surface area contributed by atoms with Gasteiger partial charge in [-0.1, -0.05) is 42.0 Å². The molecule has 0 bridgehead atoms. The van der Waals surface area contributed by atoms with Crippen LogP contribution >= 0.6 is 0 Å². The SMILES string of the molecule is CCOC(=O)c1ccccc1NC(=O)COC(=O)/C=C/c1cccc(C)c1. The van der Waals surface area contributed by atoms with Crippen molar-refractivity contribution in [2.45, 2.75) is 13.8 Å².